The Hall–Kier alpha value is -4.00. The van der Waals surface area contributed by atoms with Gasteiger partial charge in [0.05, 0.1) is 0 Å². The number of aliphatic carboxylic acids is 1. The first kappa shape index (κ1) is 29.1. The number of carbonyl (C=O) groups excluding carboxylic acids is 2. The van der Waals surface area contributed by atoms with Crippen molar-refractivity contribution in [2.45, 2.75) is 41.6 Å². The molecule has 43 heavy (non-hydrogen) atoms. The quantitative estimate of drug-likeness (QED) is 0.0724. The van der Waals surface area contributed by atoms with Crippen LogP contribution in [0, 0.1) is 0 Å². The molecule has 6 N–H and O–H groups in total. The smallest absolute Gasteiger partial charge is 0.353 e. The van der Waals surface area contributed by atoms with E-state index in [0.29, 0.717) is 14.9 Å². The largest absolute Gasteiger partial charge is 0.477 e. The number of β-lactam (4-membered cyclic amide) rings is 1. The number of aromatic carboxylic acids is 1. The number of thiazole rings is 2. The summed E-state index contributed by atoms with van der Waals surface area (Å²) < 4.78 is 2.35. The standard InChI is InChI=1S/C25H21N7O7S4/c26-24-27-12(8-41-24)15(30-39)19(33)29-16-20(34)32-17(22(35)36)14(9-40-21(16)32)42-25-28-11(18(43-25)23(37)38)7-31-6-2-4-10-3-1-5-13(10)31/h2,4,6,8,16,21H,1,3,5,7,9H2,(H5-,26,27,29,33,35,36,37,38,39)/p+1/t16-,21?/m1/s1. The van der Waals surface area contributed by atoms with Crippen LogP contribution in [0.25, 0.3) is 0 Å². The van der Waals surface area contributed by atoms with Gasteiger partial charge in [0.15, 0.2) is 33.6 Å². The van der Waals surface area contributed by atoms with Crippen molar-refractivity contribution in [1.29, 1.82) is 0 Å². The average molecular weight is 661 g/mol. The molecule has 3 aromatic rings. The Bertz CT molecular complexity index is 1750. The fraction of sp³-hybridized carbons (Fsp3) is 0.280. The lowest BCUT2D eigenvalue weighted by Crippen LogP contribution is -2.71. The number of nitrogens with one attached hydrogen (secondary N) is 1. The number of hydrogen-bond donors (Lipinski definition) is 5. The van der Waals surface area contributed by atoms with E-state index in [1.165, 1.54) is 22.7 Å². The molecule has 2 aliphatic heterocycles. The molecule has 3 aliphatic rings. The van der Waals surface area contributed by atoms with Crippen LogP contribution in [0.15, 0.2) is 43.8 Å². The van der Waals surface area contributed by atoms with E-state index in [1.807, 2.05) is 16.8 Å². The minimum absolute atomic E-state index is 0.0332. The third-order valence-corrected chi connectivity index (χ3v) is 11.4. The van der Waals surface area contributed by atoms with Crippen LogP contribution in [0.5, 0.6) is 0 Å². The first-order valence-corrected chi connectivity index (χ1v) is 16.3. The van der Waals surface area contributed by atoms with E-state index in [-0.39, 0.29) is 33.7 Å². The average Bonchev–Trinajstić information content (AvgIpc) is 3.72. The second kappa shape index (κ2) is 11.6. The molecule has 0 radical (unpaired) electrons. The third-order valence-electron chi connectivity index (χ3n) is 7.05. The number of carbonyl (C=O) groups is 4. The predicted octanol–water partition coefficient (Wildman–Crippen LogP) is 1.37. The van der Waals surface area contributed by atoms with E-state index in [1.54, 1.807) is 0 Å². The van der Waals surface area contributed by atoms with Gasteiger partial charge < -0.3 is 26.5 Å². The second-order valence-electron chi connectivity index (χ2n) is 9.58. The van der Waals surface area contributed by atoms with Crippen LogP contribution in [0.4, 0.5) is 5.13 Å². The molecule has 1 fully saturated rings. The van der Waals surface area contributed by atoms with Gasteiger partial charge in [-0.15, -0.1) is 23.1 Å². The molecule has 0 aromatic carbocycles. The fourth-order valence-electron chi connectivity index (χ4n) is 5.16. The molecular weight excluding hydrogens is 639 g/mol. The zero-order chi connectivity index (χ0) is 30.4. The van der Waals surface area contributed by atoms with Gasteiger partial charge in [-0.05, 0) is 18.9 Å². The summed E-state index contributed by atoms with van der Waals surface area (Å²) in [6, 6.07) is 2.93. The highest BCUT2D eigenvalue weighted by Gasteiger charge is 2.54. The third kappa shape index (κ3) is 5.34. The summed E-state index contributed by atoms with van der Waals surface area (Å²) in [7, 11) is 0. The first-order valence-electron chi connectivity index (χ1n) is 12.7. The predicted molar refractivity (Wildman–Crippen MR) is 157 cm³/mol. The Morgan fingerprint density at radius 1 is 1.23 bits per heavy atom. The van der Waals surface area contributed by atoms with Gasteiger partial charge in [-0.3, -0.25) is 14.5 Å². The molecule has 0 bridgehead atoms. The maximum absolute atomic E-state index is 13.1. The van der Waals surface area contributed by atoms with Gasteiger partial charge in [0.25, 0.3) is 11.8 Å². The molecule has 2 amide bonds. The summed E-state index contributed by atoms with van der Waals surface area (Å²) in [6.07, 6.45) is 4.81. The zero-order valence-electron chi connectivity index (χ0n) is 21.9. The van der Waals surface area contributed by atoms with Crippen LogP contribution < -0.4 is 15.6 Å². The first-order chi connectivity index (χ1) is 20.7. The number of aryl methyl sites for hydroxylation is 1. The highest BCUT2D eigenvalue weighted by atomic mass is 32.2. The molecule has 3 aromatic heterocycles. The molecule has 1 unspecified atom stereocenters. The van der Waals surface area contributed by atoms with Crippen molar-refractivity contribution in [2.75, 3.05) is 11.5 Å². The number of aromatic nitrogens is 3. The van der Waals surface area contributed by atoms with Crippen molar-refractivity contribution < 1.29 is 39.2 Å². The lowest BCUT2D eigenvalue weighted by molar-refractivity contribution is -0.695. The molecule has 5 heterocycles. The number of hydrogen-bond acceptors (Lipinski definition) is 13. The molecule has 0 spiro atoms. The van der Waals surface area contributed by atoms with Crippen molar-refractivity contribution in [3.8, 4) is 0 Å². The second-order valence-corrected chi connectivity index (χ2v) is 13.9. The van der Waals surface area contributed by atoms with Crippen LogP contribution in [0.2, 0.25) is 0 Å². The van der Waals surface area contributed by atoms with Crippen molar-refractivity contribution in [1.82, 2.24) is 20.2 Å². The molecule has 0 saturated carbocycles. The number of thioether (sulfide) groups is 2. The number of rotatable bonds is 9. The van der Waals surface area contributed by atoms with Crippen molar-refractivity contribution >= 4 is 80.8 Å². The SMILES string of the molecule is Nc1nc(/C(=N\O)C(=O)N[C@@H]2C(=O)N3C(C(=O)O)=C(Sc4nc(C[n+]5cccc6c5CCC6)c(C(=O)O)s4)CSC23)cs1. The lowest BCUT2D eigenvalue weighted by Gasteiger charge is -2.49. The number of nitrogens with two attached hydrogens (primary N) is 1. The normalized spacial score (nSPS) is 19.6. The lowest BCUT2D eigenvalue weighted by atomic mass is 10.0. The van der Waals surface area contributed by atoms with Crippen LogP contribution in [0.3, 0.4) is 0 Å². The van der Waals surface area contributed by atoms with Crippen LogP contribution in [0.1, 0.15) is 38.7 Å². The Balaban J connectivity index is 1.22. The number of fused-ring (bicyclic) bond motifs is 2. The monoisotopic (exact) mass is 660 g/mol. The van der Waals surface area contributed by atoms with Crippen molar-refractivity contribution in [2.24, 2.45) is 5.16 Å². The summed E-state index contributed by atoms with van der Waals surface area (Å²) in [6.45, 7) is 0.266. The van der Waals surface area contributed by atoms with Crippen LogP contribution in [-0.2, 0) is 33.8 Å². The van der Waals surface area contributed by atoms with Crippen molar-refractivity contribution in [3.05, 3.63) is 61.8 Å². The zero-order valence-corrected chi connectivity index (χ0v) is 25.2. The maximum atomic E-state index is 13.1. The minimum atomic E-state index is -1.34. The Morgan fingerprint density at radius 2 is 2.05 bits per heavy atom. The molecule has 18 heteroatoms. The molecule has 6 rings (SSSR count). The number of amides is 2. The van der Waals surface area contributed by atoms with Crippen molar-refractivity contribution in [3.63, 3.8) is 0 Å². The molecule has 14 nitrogen and oxygen atoms in total. The highest BCUT2D eigenvalue weighted by Crippen LogP contribution is 2.46. The number of nitrogen functional groups attached to an aromatic ring is 1. The number of nitrogens with zero attached hydrogens (tertiary/aromatic N) is 5. The van der Waals surface area contributed by atoms with Crippen LogP contribution in [-0.4, -0.2) is 76.9 Å². The van der Waals surface area contributed by atoms with Gasteiger partial charge in [-0.25, -0.2) is 19.6 Å². The van der Waals surface area contributed by atoms with E-state index >= 15 is 0 Å². The molecule has 1 saturated heterocycles. The number of carboxylic acids is 2. The number of anilines is 1. The van der Waals surface area contributed by atoms with Gasteiger partial charge in [-0.2, -0.15) is 4.57 Å². The fourth-order valence-corrected chi connectivity index (χ4v) is 9.36. The number of pyridine rings is 1. The van der Waals surface area contributed by atoms with Crippen LogP contribution >= 0.6 is 46.2 Å². The topological polar surface area (TPSA) is 212 Å². The summed E-state index contributed by atoms with van der Waals surface area (Å²) in [5, 5.41) is 35.6. The van der Waals surface area contributed by atoms with E-state index in [4.69, 9.17) is 5.73 Å². The highest BCUT2D eigenvalue weighted by molar-refractivity contribution is 8.07. The van der Waals surface area contributed by atoms with Gasteiger partial charge in [0, 0.05) is 34.1 Å². The number of oxime groups is 1. The Morgan fingerprint density at radius 3 is 2.74 bits per heavy atom. The summed E-state index contributed by atoms with van der Waals surface area (Å²) in [5.74, 6) is -3.82. The summed E-state index contributed by atoms with van der Waals surface area (Å²) >= 11 is 4.25. The summed E-state index contributed by atoms with van der Waals surface area (Å²) in [4.78, 5) is 60.2. The molecular formula is C25H22N7O7S4+. The summed E-state index contributed by atoms with van der Waals surface area (Å²) in [5.41, 5.74) is 7.69. The van der Waals surface area contributed by atoms with Gasteiger partial charge in [0.2, 0.25) is 0 Å². The Labute approximate surface area is 259 Å². The molecule has 2 atom stereocenters. The van der Waals surface area contributed by atoms with Gasteiger partial charge in [-0.1, -0.05) is 28.3 Å². The molecule has 1 aliphatic carbocycles. The number of carboxylic acid groups (broad SMARTS) is 2. The van der Waals surface area contributed by atoms with Gasteiger partial charge in [0.1, 0.15) is 33.4 Å². The van der Waals surface area contributed by atoms with Gasteiger partial charge >= 0.3 is 11.9 Å². The minimum Gasteiger partial charge on any atom is -0.477 e. The van der Waals surface area contributed by atoms with E-state index in [0.717, 1.165) is 64.3 Å². The van der Waals surface area contributed by atoms with E-state index in [9.17, 15) is 34.6 Å². The Kier molecular flexibility index (Phi) is 7.84. The van der Waals surface area contributed by atoms with E-state index < -0.39 is 40.9 Å². The molecule has 222 valence electrons. The maximum Gasteiger partial charge on any atom is 0.353 e. The van der Waals surface area contributed by atoms with E-state index in [2.05, 4.69) is 26.5 Å².